The molecule has 2 rings (SSSR count). The monoisotopic (exact) mass is 229 g/mol. The van der Waals surface area contributed by atoms with Crippen molar-refractivity contribution in [3.8, 4) is 6.07 Å². The first-order valence-electron chi connectivity index (χ1n) is 5.35. The summed E-state index contributed by atoms with van der Waals surface area (Å²) in [7, 11) is 1.79. The van der Waals surface area contributed by atoms with E-state index < -0.39 is 0 Å². The van der Waals surface area contributed by atoms with Crippen LogP contribution < -0.4 is 0 Å². The number of imidazole rings is 1. The van der Waals surface area contributed by atoms with Crippen LogP contribution in [0.3, 0.4) is 0 Å². The standard InChI is InChI=1S/C13H12FN3/c1-17-9-16-12(13(17)8-15)6-5-10-3-2-4-11(14)7-10/h2-4,7,9H,5-6H2,1H3. The zero-order valence-corrected chi connectivity index (χ0v) is 9.52. The van der Waals surface area contributed by atoms with Gasteiger partial charge in [0.05, 0.1) is 12.0 Å². The molecule has 4 heteroatoms. The van der Waals surface area contributed by atoms with Gasteiger partial charge < -0.3 is 4.57 Å². The van der Waals surface area contributed by atoms with E-state index >= 15 is 0 Å². The first-order chi connectivity index (χ1) is 8.20. The summed E-state index contributed by atoms with van der Waals surface area (Å²) in [6.07, 6.45) is 2.95. The van der Waals surface area contributed by atoms with E-state index in [1.165, 1.54) is 12.1 Å². The molecule has 0 atom stereocenters. The van der Waals surface area contributed by atoms with Gasteiger partial charge in [0.1, 0.15) is 17.6 Å². The first kappa shape index (κ1) is 11.3. The molecule has 0 aliphatic heterocycles. The second-order valence-electron chi connectivity index (χ2n) is 3.89. The van der Waals surface area contributed by atoms with Gasteiger partial charge in [-0.1, -0.05) is 12.1 Å². The molecule has 86 valence electrons. The molecule has 1 heterocycles. The minimum Gasteiger partial charge on any atom is -0.325 e. The van der Waals surface area contributed by atoms with Gasteiger partial charge in [-0.15, -0.1) is 0 Å². The number of hydrogen-bond donors (Lipinski definition) is 0. The van der Waals surface area contributed by atoms with Crippen LogP contribution >= 0.6 is 0 Å². The quantitative estimate of drug-likeness (QED) is 0.809. The Morgan fingerprint density at radius 3 is 2.94 bits per heavy atom. The summed E-state index contributed by atoms with van der Waals surface area (Å²) in [5.41, 5.74) is 2.25. The molecule has 2 aromatic rings. The maximum absolute atomic E-state index is 13.0. The number of nitriles is 1. The molecule has 0 saturated carbocycles. The van der Waals surface area contributed by atoms with Crippen molar-refractivity contribution in [2.24, 2.45) is 7.05 Å². The molecular formula is C13H12FN3. The lowest BCUT2D eigenvalue weighted by Gasteiger charge is -2.00. The summed E-state index contributed by atoms with van der Waals surface area (Å²) in [4.78, 5) is 4.17. The molecule has 0 N–H and O–H groups in total. The van der Waals surface area contributed by atoms with E-state index in [-0.39, 0.29) is 5.82 Å². The predicted octanol–water partition coefficient (Wildman–Crippen LogP) is 2.22. The van der Waals surface area contributed by atoms with Gasteiger partial charge in [0.15, 0.2) is 0 Å². The molecule has 0 bridgehead atoms. The van der Waals surface area contributed by atoms with Crippen molar-refractivity contribution in [3.05, 3.63) is 53.4 Å². The van der Waals surface area contributed by atoms with Crippen LogP contribution in [0.4, 0.5) is 4.39 Å². The van der Waals surface area contributed by atoms with Crippen molar-refractivity contribution in [2.45, 2.75) is 12.8 Å². The van der Waals surface area contributed by atoms with Crippen molar-refractivity contribution in [1.82, 2.24) is 9.55 Å². The Kier molecular flexibility index (Phi) is 3.20. The SMILES string of the molecule is Cn1cnc(CCc2cccc(F)c2)c1C#N. The molecule has 0 spiro atoms. The molecule has 0 aliphatic rings. The first-order valence-corrected chi connectivity index (χ1v) is 5.35. The van der Waals surface area contributed by atoms with Gasteiger partial charge in [0.2, 0.25) is 0 Å². The lowest BCUT2D eigenvalue weighted by molar-refractivity contribution is 0.625. The Hall–Kier alpha value is -2.15. The summed E-state index contributed by atoms with van der Waals surface area (Å²) < 4.78 is 14.7. The zero-order valence-electron chi connectivity index (χ0n) is 9.52. The molecule has 0 unspecified atom stereocenters. The lowest BCUT2D eigenvalue weighted by atomic mass is 10.1. The minimum atomic E-state index is -0.232. The van der Waals surface area contributed by atoms with E-state index in [9.17, 15) is 4.39 Å². The molecule has 0 aliphatic carbocycles. The van der Waals surface area contributed by atoms with E-state index in [4.69, 9.17) is 5.26 Å². The Morgan fingerprint density at radius 2 is 2.24 bits per heavy atom. The van der Waals surface area contributed by atoms with E-state index in [0.29, 0.717) is 18.5 Å². The fourth-order valence-corrected chi connectivity index (χ4v) is 1.76. The number of nitrogens with zero attached hydrogens (tertiary/aromatic N) is 3. The summed E-state index contributed by atoms with van der Waals surface area (Å²) in [5.74, 6) is -0.232. The van der Waals surface area contributed by atoms with Gasteiger partial charge in [-0.3, -0.25) is 0 Å². The number of halogens is 1. The smallest absolute Gasteiger partial charge is 0.142 e. The molecule has 17 heavy (non-hydrogen) atoms. The lowest BCUT2D eigenvalue weighted by Crippen LogP contribution is -1.97. The maximum Gasteiger partial charge on any atom is 0.142 e. The highest BCUT2D eigenvalue weighted by Crippen LogP contribution is 2.10. The molecule has 0 saturated heterocycles. The maximum atomic E-state index is 13.0. The molecule has 0 fully saturated rings. The van der Waals surface area contributed by atoms with Crippen LogP contribution in [0.15, 0.2) is 30.6 Å². The summed E-state index contributed by atoms with van der Waals surface area (Å²) in [6, 6.07) is 8.61. The average molecular weight is 229 g/mol. The largest absolute Gasteiger partial charge is 0.325 e. The van der Waals surface area contributed by atoms with Crippen molar-refractivity contribution < 1.29 is 4.39 Å². The average Bonchev–Trinajstić information content (AvgIpc) is 2.67. The Morgan fingerprint density at radius 1 is 1.41 bits per heavy atom. The molecular weight excluding hydrogens is 217 g/mol. The van der Waals surface area contributed by atoms with Crippen molar-refractivity contribution in [3.63, 3.8) is 0 Å². The Labute approximate surface area is 99.1 Å². The van der Waals surface area contributed by atoms with Gasteiger partial charge in [-0.25, -0.2) is 9.37 Å². The number of benzene rings is 1. The van der Waals surface area contributed by atoms with Crippen LogP contribution in [0, 0.1) is 17.1 Å². The molecule has 0 radical (unpaired) electrons. The molecule has 1 aromatic heterocycles. The van der Waals surface area contributed by atoms with E-state index in [0.717, 1.165) is 11.3 Å². The normalized spacial score (nSPS) is 10.2. The second kappa shape index (κ2) is 4.79. The fourth-order valence-electron chi connectivity index (χ4n) is 1.76. The second-order valence-corrected chi connectivity index (χ2v) is 3.89. The third-order valence-electron chi connectivity index (χ3n) is 2.66. The predicted molar refractivity (Wildman–Crippen MR) is 61.7 cm³/mol. The molecule has 1 aromatic carbocycles. The Bertz CT molecular complexity index is 566. The fraction of sp³-hybridized carbons (Fsp3) is 0.231. The Balaban J connectivity index is 2.10. The minimum absolute atomic E-state index is 0.232. The number of aromatic nitrogens is 2. The highest BCUT2D eigenvalue weighted by atomic mass is 19.1. The van der Waals surface area contributed by atoms with Crippen molar-refractivity contribution in [2.75, 3.05) is 0 Å². The number of aryl methyl sites for hydroxylation is 3. The number of hydrogen-bond acceptors (Lipinski definition) is 2. The van der Waals surface area contributed by atoms with Gasteiger partial charge in [-0.2, -0.15) is 5.26 Å². The van der Waals surface area contributed by atoms with Crippen LogP contribution in [-0.2, 0) is 19.9 Å². The topological polar surface area (TPSA) is 41.6 Å². The van der Waals surface area contributed by atoms with Crippen LogP contribution in [0.1, 0.15) is 17.0 Å². The zero-order chi connectivity index (χ0) is 12.3. The third kappa shape index (κ3) is 2.51. The van der Waals surface area contributed by atoms with E-state index in [2.05, 4.69) is 11.1 Å². The van der Waals surface area contributed by atoms with E-state index in [1.807, 2.05) is 6.07 Å². The van der Waals surface area contributed by atoms with Crippen LogP contribution in [0.25, 0.3) is 0 Å². The van der Waals surface area contributed by atoms with Gasteiger partial charge in [-0.05, 0) is 30.5 Å². The van der Waals surface area contributed by atoms with Crippen molar-refractivity contribution >= 4 is 0 Å². The third-order valence-corrected chi connectivity index (χ3v) is 2.66. The summed E-state index contributed by atoms with van der Waals surface area (Å²) in [6.45, 7) is 0. The summed E-state index contributed by atoms with van der Waals surface area (Å²) >= 11 is 0. The van der Waals surface area contributed by atoms with Crippen LogP contribution in [-0.4, -0.2) is 9.55 Å². The van der Waals surface area contributed by atoms with Gasteiger partial charge >= 0.3 is 0 Å². The summed E-state index contributed by atoms with van der Waals surface area (Å²) in [5, 5.41) is 8.96. The molecule has 3 nitrogen and oxygen atoms in total. The van der Waals surface area contributed by atoms with Gasteiger partial charge in [0, 0.05) is 7.05 Å². The van der Waals surface area contributed by atoms with Crippen molar-refractivity contribution in [1.29, 1.82) is 5.26 Å². The van der Waals surface area contributed by atoms with Crippen LogP contribution in [0.2, 0.25) is 0 Å². The highest BCUT2D eigenvalue weighted by molar-refractivity contribution is 5.28. The van der Waals surface area contributed by atoms with E-state index in [1.54, 1.807) is 24.0 Å². The van der Waals surface area contributed by atoms with Gasteiger partial charge in [0.25, 0.3) is 0 Å². The highest BCUT2D eigenvalue weighted by Gasteiger charge is 2.08. The number of rotatable bonds is 3. The molecule has 0 amide bonds. The van der Waals surface area contributed by atoms with Crippen LogP contribution in [0.5, 0.6) is 0 Å².